The maximum absolute atomic E-state index is 14.7. The van der Waals surface area contributed by atoms with E-state index in [2.05, 4.69) is 24.9 Å². The third-order valence-corrected chi connectivity index (χ3v) is 14.5. The lowest BCUT2D eigenvalue weighted by Gasteiger charge is -2.59. The molecule has 6 unspecified atom stereocenters. The van der Waals surface area contributed by atoms with Gasteiger partial charge in [0.25, 0.3) is 5.69 Å². The summed E-state index contributed by atoms with van der Waals surface area (Å²) < 4.78 is 26.6. The second-order valence-corrected chi connectivity index (χ2v) is 19.7. The monoisotopic (exact) mass is 1010 g/mol. The van der Waals surface area contributed by atoms with Crippen molar-refractivity contribution in [1.29, 1.82) is 0 Å². The van der Waals surface area contributed by atoms with E-state index in [-0.39, 0.29) is 69.4 Å². The van der Waals surface area contributed by atoms with E-state index >= 15 is 0 Å². The number of aliphatic hydroxyl groups excluding tert-OH is 2. The van der Waals surface area contributed by atoms with Crippen LogP contribution in [0.5, 0.6) is 11.5 Å². The fourth-order valence-electron chi connectivity index (χ4n) is 11.0. The van der Waals surface area contributed by atoms with Gasteiger partial charge in [-0.2, -0.15) is 0 Å². The number of nitrogens with one attached hydrogen (secondary N) is 1. The van der Waals surface area contributed by atoms with Crippen molar-refractivity contribution in [2.24, 2.45) is 22.9 Å². The average Bonchev–Trinajstić information content (AvgIpc) is 3.40. The molecule has 3 aromatic rings. The normalized spacial score (nSPS) is 21.2. The van der Waals surface area contributed by atoms with Crippen molar-refractivity contribution in [2.75, 3.05) is 33.0 Å². The molecule has 2 amide bonds. The molecule has 1 aliphatic heterocycles. The number of nitrogens with zero attached hydrogens (tertiary/aromatic N) is 3. The van der Waals surface area contributed by atoms with Crippen LogP contribution in [-0.4, -0.2) is 82.7 Å². The van der Waals surface area contributed by atoms with Crippen molar-refractivity contribution in [1.82, 2.24) is 10.2 Å². The van der Waals surface area contributed by atoms with Crippen molar-refractivity contribution < 1.29 is 48.5 Å². The highest BCUT2D eigenvalue weighted by Crippen LogP contribution is 2.62. The molecule has 0 radical (unpaired) electrons. The number of hydrogen-bond donors (Lipinski definition) is 3. The lowest BCUT2D eigenvalue weighted by atomic mass is 9.55. The molecule has 6 atom stereocenters. The molecule has 1 fully saturated rings. The number of nitro benzene ring substituents is 1. The number of non-ortho nitro benzene ring substituents is 1. The van der Waals surface area contributed by atoms with Crippen LogP contribution in [0.3, 0.4) is 0 Å². The fraction of sp³-hybridized carbons (Fsp3) is 0.569. The van der Waals surface area contributed by atoms with Gasteiger partial charge in [0.05, 0.1) is 29.8 Å². The quantitative estimate of drug-likeness (QED) is 0.0233. The van der Waals surface area contributed by atoms with E-state index in [1.165, 1.54) is 50.7 Å². The van der Waals surface area contributed by atoms with Crippen LogP contribution < -0.4 is 14.8 Å². The predicted octanol–water partition coefficient (Wildman–Crippen LogP) is 12.5. The molecule has 0 saturated heterocycles. The third kappa shape index (κ3) is 15.6. The number of aliphatic hydroxyl groups is 2. The molecule has 1 saturated carbocycles. The summed E-state index contributed by atoms with van der Waals surface area (Å²) in [6, 6.07) is 20.4. The number of fused-ring (bicyclic) bond motifs is 2. The number of hydrogen-bond acceptors (Lipinski definition) is 12. The van der Waals surface area contributed by atoms with Crippen LogP contribution in [0.25, 0.3) is 0 Å². The third-order valence-electron chi connectivity index (χ3n) is 14.5. The van der Waals surface area contributed by atoms with Gasteiger partial charge in [0, 0.05) is 56.3 Å². The Hall–Kier alpha value is -5.77. The first-order valence-electron chi connectivity index (χ1n) is 27.0. The summed E-state index contributed by atoms with van der Waals surface area (Å²) in [5.41, 5.74) is 3.83. The summed E-state index contributed by atoms with van der Waals surface area (Å²) in [6.45, 7) is 9.39. The van der Waals surface area contributed by atoms with Gasteiger partial charge in [-0.3, -0.25) is 15.0 Å². The molecule has 15 nitrogen and oxygen atoms in total. The second kappa shape index (κ2) is 29.8. The van der Waals surface area contributed by atoms with Crippen LogP contribution in [0.4, 0.5) is 15.3 Å². The zero-order chi connectivity index (χ0) is 51.8. The van der Waals surface area contributed by atoms with Crippen LogP contribution in [0.1, 0.15) is 152 Å². The molecule has 0 spiro atoms. The Morgan fingerprint density at radius 1 is 0.877 bits per heavy atom. The Morgan fingerprint density at radius 3 is 2.25 bits per heavy atom. The zero-order valence-corrected chi connectivity index (χ0v) is 43.3. The number of benzene rings is 3. The Kier molecular flexibility index (Phi) is 23.1. The SMILES string of the molecule is C=CCOC12Oc3ccc(OC(=O)NCc4ccccc4)cc3C3C(CCCCO)C(CCCCO)C=C(C(=NOCc4ccc([N+](=O)[O-])cc4)CC1N(CCC)C(=O)OCCCCCCCCCCCC)C32. The van der Waals surface area contributed by atoms with E-state index in [4.69, 9.17) is 28.9 Å². The molecule has 15 heteroatoms. The number of unbranched alkanes of at least 4 members (excludes halogenated alkanes) is 11. The van der Waals surface area contributed by atoms with Gasteiger partial charge in [-0.1, -0.05) is 132 Å². The van der Waals surface area contributed by atoms with Gasteiger partial charge in [-0.15, -0.1) is 6.58 Å². The number of carbonyl (C=O) groups excluding carboxylic acids is 2. The molecule has 398 valence electrons. The van der Waals surface area contributed by atoms with Gasteiger partial charge in [-0.05, 0) is 97.4 Å². The number of carbonyl (C=O) groups is 2. The van der Waals surface area contributed by atoms with Crippen LogP contribution in [0.2, 0.25) is 0 Å². The maximum Gasteiger partial charge on any atom is 0.412 e. The highest BCUT2D eigenvalue weighted by molar-refractivity contribution is 6.03. The highest BCUT2D eigenvalue weighted by Gasteiger charge is 2.65. The molecule has 3 aromatic carbocycles. The number of amides is 2. The minimum absolute atomic E-state index is 0.0291. The first-order chi connectivity index (χ1) is 35.7. The highest BCUT2D eigenvalue weighted by atomic mass is 16.7. The smallest absolute Gasteiger partial charge is 0.412 e. The molecular formula is C58H80N4O11. The maximum atomic E-state index is 14.7. The number of nitro groups is 1. The summed E-state index contributed by atoms with van der Waals surface area (Å²) in [5, 5.41) is 39.2. The molecule has 6 rings (SSSR count). The van der Waals surface area contributed by atoms with Gasteiger partial charge in [-0.25, -0.2) is 9.59 Å². The Morgan fingerprint density at radius 2 is 1.58 bits per heavy atom. The van der Waals surface area contributed by atoms with Crippen molar-refractivity contribution in [3.05, 3.63) is 124 Å². The summed E-state index contributed by atoms with van der Waals surface area (Å²) >= 11 is 0. The zero-order valence-electron chi connectivity index (χ0n) is 43.3. The van der Waals surface area contributed by atoms with Crippen molar-refractivity contribution in [2.45, 2.75) is 160 Å². The van der Waals surface area contributed by atoms with Crippen molar-refractivity contribution in [3.63, 3.8) is 0 Å². The Balaban J connectivity index is 1.41. The number of ether oxygens (including phenoxy) is 4. The van der Waals surface area contributed by atoms with Gasteiger partial charge >= 0.3 is 12.2 Å². The first-order valence-corrected chi connectivity index (χ1v) is 27.0. The fourth-order valence-corrected chi connectivity index (χ4v) is 11.0. The molecule has 0 aromatic heterocycles. The van der Waals surface area contributed by atoms with Crippen LogP contribution >= 0.6 is 0 Å². The summed E-state index contributed by atoms with van der Waals surface area (Å²) in [7, 11) is 0. The van der Waals surface area contributed by atoms with E-state index < -0.39 is 34.9 Å². The van der Waals surface area contributed by atoms with E-state index in [0.29, 0.717) is 48.6 Å². The number of oxime groups is 1. The van der Waals surface area contributed by atoms with Gasteiger partial charge in [0.1, 0.15) is 24.1 Å². The molecule has 0 bridgehead atoms. The molecule has 3 aliphatic rings. The van der Waals surface area contributed by atoms with E-state index in [0.717, 1.165) is 68.1 Å². The molecule has 73 heavy (non-hydrogen) atoms. The van der Waals surface area contributed by atoms with Gasteiger partial charge in [0.2, 0.25) is 5.79 Å². The Labute approximate surface area is 432 Å². The topological polar surface area (TPSA) is 192 Å². The average molecular weight is 1010 g/mol. The van der Waals surface area contributed by atoms with E-state index in [1.54, 1.807) is 29.2 Å². The lowest BCUT2D eigenvalue weighted by Crippen LogP contribution is -2.70. The summed E-state index contributed by atoms with van der Waals surface area (Å²) in [6.07, 6.45) is 19.4. The minimum atomic E-state index is -1.50. The lowest BCUT2D eigenvalue weighted by molar-refractivity contribution is -0.384. The molecule has 1 heterocycles. The largest absolute Gasteiger partial charge is 0.459 e. The van der Waals surface area contributed by atoms with Crippen molar-refractivity contribution >= 4 is 23.6 Å². The van der Waals surface area contributed by atoms with Crippen LogP contribution in [-0.2, 0) is 27.5 Å². The van der Waals surface area contributed by atoms with E-state index in [9.17, 15) is 29.9 Å². The standard InChI is InChI=1S/C58H80N4O11/c1-4-7-8-9-10-11-12-13-14-22-37-69-57(66)61(33-5-2)53-40-51(60-71-42-44-27-29-46(30-28-44)62(67)68)49-38-45(25-18-20-34-63)48(26-19-21-35-64)54-50-39-47(72-56(65)59-41-43-23-16-15-17-24-43)31-32-52(50)73-58(53,55(49)54)70-36-6-3/h6,15-17,23-24,27-32,38-39,45,48,53-55,63-64H,3-5,7-14,18-22,25-26,33-37,40-42H2,1-2H3,(H,59,65). The first kappa shape index (κ1) is 56.5. The second-order valence-electron chi connectivity index (χ2n) is 19.7. The van der Waals surface area contributed by atoms with Gasteiger partial charge in [0.15, 0.2) is 0 Å². The van der Waals surface area contributed by atoms with E-state index in [1.807, 2.05) is 49.4 Å². The number of rotatable bonds is 32. The van der Waals surface area contributed by atoms with Crippen LogP contribution in [0, 0.1) is 27.9 Å². The predicted molar refractivity (Wildman–Crippen MR) is 282 cm³/mol. The number of allylic oxidation sites excluding steroid dienone is 1. The van der Waals surface area contributed by atoms with Gasteiger partial charge < -0.3 is 39.3 Å². The minimum Gasteiger partial charge on any atom is -0.459 e. The molecular weight excluding hydrogens is 929 g/mol. The van der Waals surface area contributed by atoms with Crippen LogP contribution in [0.15, 0.2) is 102 Å². The summed E-state index contributed by atoms with van der Waals surface area (Å²) in [4.78, 5) is 47.0. The molecule has 2 aliphatic carbocycles. The summed E-state index contributed by atoms with van der Waals surface area (Å²) in [5.74, 6) is -1.68. The van der Waals surface area contributed by atoms with Crippen molar-refractivity contribution in [3.8, 4) is 11.5 Å². The Bertz CT molecular complexity index is 2260. The molecule has 3 N–H and O–H groups in total.